The standard InChI is InChI=1S/C11H14N4O3/c1-14-2-3-15(6-9(14)16)10-8(11(17)18)4-7(12)5-13-10/h4-5H,2-3,6,12H2,1H3,(H,17,18). The second-order valence-corrected chi connectivity index (χ2v) is 4.18. The zero-order valence-electron chi connectivity index (χ0n) is 9.96. The number of carbonyl (C=O) groups excluding carboxylic acids is 1. The number of anilines is 2. The fraction of sp³-hybridized carbons (Fsp3) is 0.364. The zero-order chi connectivity index (χ0) is 13.3. The number of aromatic carboxylic acids is 1. The number of nitrogens with two attached hydrogens (primary N) is 1. The Hall–Kier alpha value is -2.31. The molecule has 0 atom stereocenters. The van der Waals surface area contributed by atoms with E-state index in [-0.39, 0.29) is 29.5 Å². The number of nitrogens with zero attached hydrogens (tertiary/aromatic N) is 3. The van der Waals surface area contributed by atoms with Gasteiger partial charge >= 0.3 is 5.97 Å². The summed E-state index contributed by atoms with van der Waals surface area (Å²) in [5.41, 5.74) is 5.83. The van der Waals surface area contributed by atoms with E-state index in [4.69, 9.17) is 10.8 Å². The quantitative estimate of drug-likeness (QED) is 0.743. The number of amides is 1. The minimum atomic E-state index is -1.10. The van der Waals surface area contributed by atoms with Gasteiger partial charge in [0.1, 0.15) is 11.4 Å². The molecule has 1 fully saturated rings. The Morgan fingerprint density at radius 3 is 2.83 bits per heavy atom. The van der Waals surface area contributed by atoms with Crippen LogP contribution in [-0.2, 0) is 4.79 Å². The van der Waals surface area contributed by atoms with Crippen molar-refractivity contribution in [3.63, 3.8) is 0 Å². The molecular weight excluding hydrogens is 236 g/mol. The first-order valence-electron chi connectivity index (χ1n) is 5.47. The average Bonchev–Trinajstić information content (AvgIpc) is 2.32. The Kier molecular flexibility index (Phi) is 3.05. The van der Waals surface area contributed by atoms with Crippen LogP contribution in [0.3, 0.4) is 0 Å². The molecule has 1 aromatic rings. The van der Waals surface area contributed by atoms with Crippen LogP contribution in [0.25, 0.3) is 0 Å². The van der Waals surface area contributed by atoms with Crippen molar-refractivity contribution in [1.29, 1.82) is 0 Å². The van der Waals surface area contributed by atoms with Gasteiger partial charge in [-0.05, 0) is 6.07 Å². The van der Waals surface area contributed by atoms with Gasteiger partial charge in [0, 0.05) is 20.1 Å². The highest BCUT2D eigenvalue weighted by atomic mass is 16.4. The second-order valence-electron chi connectivity index (χ2n) is 4.18. The lowest BCUT2D eigenvalue weighted by Crippen LogP contribution is -2.49. The third-order valence-corrected chi connectivity index (χ3v) is 2.87. The Bertz CT molecular complexity index is 503. The zero-order valence-corrected chi connectivity index (χ0v) is 9.96. The summed E-state index contributed by atoms with van der Waals surface area (Å²) in [6, 6.07) is 1.35. The number of nitrogen functional groups attached to an aromatic ring is 1. The van der Waals surface area contributed by atoms with Gasteiger partial charge < -0.3 is 20.6 Å². The Labute approximate surface area is 104 Å². The van der Waals surface area contributed by atoms with Gasteiger partial charge in [-0.25, -0.2) is 9.78 Å². The van der Waals surface area contributed by atoms with Crippen molar-refractivity contribution in [2.45, 2.75) is 0 Å². The van der Waals surface area contributed by atoms with Gasteiger partial charge in [0.2, 0.25) is 5.91 Å². The van der Waals surface area contributed by atoms with Crippen molar-refractivity contribution in [2.24, 2.45) is 0 Å². The van der Waals surface area contributed by atoms with Gasteiger partial charge in [0.25, 0.3) is 0 Å². The molecule has 1 aliphatic heterocycles. The van der Waals surface area contributed by atoms with E-state index in [9.17, 15) is 9.59 Å². The first kappa shape index (κ1) is 12.2. The molecular formula is C11H14N4O3. The summed E-state index contributed by atoms with van der Waals surface area (Å²) < 4.78 is 0. The SMILES string of the molecule is CN1CCN(c2ncc(N)cc2C(=O)O)CC1=O. The fourth-order valence-electron chi connectivity index (χ4n) is 1.82. The van der Waals surface area contributed by atoms with Gasteiger partial charge in [-0.15, -0.1) is 0 Å². The molecule has 0 radical (unpaired) electrons. The number of rotatable bonds is 2. The van der Waals surface area contributed by atoms with Crippen LogP contribution in [-0.4, -0.2) is 53.5 Å². The molecule has 1 saturated heterocycles. The lowest BCUT2D eigenvalue weighted by atomic mass is 10.2. The first-order valence-corrected chi connectivity index (χ1v) is 5.47. The summed E-state index contributed by atoms with van der Waals surface area (Å²) in [7, 11) is 1.72. The molecule has 7 nitrogen and oxygen atoms in total. The number of piperazine rings is 1. The van der Waals surface area contributed by atoms with Crippen molar-refractivity contribution in [3.05, 3.63) is 17.8 Å². The van der Waals surface area contributed by atoms with Crippen LogP contribution in [0.5, 0.6) is 0 Å². The van der Waals surface area contributed by atoms with E-state index in [0.29, 0.717) is 13.1 Å². The van der Waals surface area contributed by atoms with Crippen LogP contribution in [0.2, 0.25) is 0 Å². The number of aromatic nitrogens is 1. The number of hydrogen-bond donors (Lipinski definition) is 2. The van der Waals surface area contributed by atoms with Gasteiger partial charge in [0.05, 0.1) is 18.4 Å². The summed E-state index contributed by atoms with van der Waals surface area (Å²) >= 11 is 0. The predicted molar refractivity (Wildman–Crippen MR) is 65.5 cm³/mol. The van der Waals surface area contributed by atoms with Crippen LogP contribution in [0, 0.1) is 0 Å². The number of carboxylic acid groups (broad SMARTS) is 1. The van der Waals surface area contributed by atoms with Crippen LogP contribution in [0.15, 0.2) is 12.3 Å². The molecule has 18 heavy (non-hydrogen) atoms. The molecule has 0 aliphatic carbocycles. The number of carboxylic acids is 1. The first-order chi connectivity index (χ1) is 8.49. The van der Waals surface area contributed by atoms with Crippen molar-refractivity contribution in [2.75, 3.05) is 37.3 Å². The smallest absolute Gasteiger partial charge is 0.339 e. The highest BCUT2D eigenvalue weighted by Gasteiger charge is 2.25. The molecule has 0 spiro atoms. The molecule has 2 heterocycles. The molecule has 1 aliphatic rings. The molecule has 96 valence electrons. The number of hydrogen-bond acceptors (Lipinski definition) is 5. The molecule has 1 aromatic heterocycles. The van der Waals surface area contributed by atoms with E-state index in [1.807, 2.05) is 0 Å². The van der Waals surface area contributed by atoms with E-state index < -0.39 is 5.97 Å². The number of likely N-dealkylation sites (N-methyl/N-ethyl adjacent to an activating group) is 1. The third kappa shape index (κ3) is 2.20. The summed E-state index contributed by atoms with van der Waals surface area (Å²) in [6.45, 7) is 1.23. The van der Waals surface area contributed by atoms with Crippen molar-refractivity contribution in [1.82, 2.24) is 9.88 Å². The fourth-order valence-corrected chi connectivity index (χ4v) is 1.82. The number of carbonyl (C=O) groups is 2. The Balaban J connectivity index is 2.33. The average molecular weight is 250 g/mol. The topological polar surface area (TPSA) is 99.8 Å². The van der Waals surface area contributed by atoms with Gasteiger partial charge in [-0.2, -0.15) is 0 Å². The number of pyridine rings is 1. The van der Waals surface area contributed by atoms with E-state index in [2.05, 4.69) is 4.98 Å². The summed E-state index contributed by atoms with van der Waals surface area (Å²) in [4.78, 5) is 30.1. The Morgan fingerprint density at radius 1 is 1.50 bits per heavy atom. The van der Waals surface area contributed by atoms with Crippen LogP contribution >= 0.6 is 0 Å². The van der Waals surface area contributed by atoms with E-state index >= 15 is 0 Å². The normalized spacial score (nSPS) is 15.9. The maximum Gasteiger partial charge on any atom is 0.339 e. The van der Waals surface area contributed by atoms with Crippen molar-refractivity contribution < 1.29 is 14.7 Å². The van der Waals surface area contributed by atoms with Gasteiger partial charge in [0.15, 0.2) is 0 Å². The predicted octanol–water partition coefficient (Wildman–Crippen LogP) is -0.360. The maximum atomic E-state index is 11.6. The third-order valence-electron chi connectivity index (χ3n) is 2.87. The van der Waals surface area contributed by atoms with Crippen molar-refractivity contribution >= 4 is 23.4 Å². The molecule has 1 amide bonds. The van der Waals surface area contributed by atoms with E-state index in [1.54, 1.807) is 16.8 Å². The monoisotopic (exact) mass is 250 g/mol. The molecule has 7 heteroatoms. The van der Waals surface area contributed by atoms with E-state index in [1.165, 1.54) is 12.3 Å². The minimum absolute atomic E-state index is 0.0207. The summed E-state index contributed by atoms with van der Waals surface area (Å²) in [5.74, 6) is -0.870. The van der Waals surface area contributed by atoms with Gasteiger partial charge in [-0.3, -0.25) is 4.79 Å². The molecule has 0 saturated carbocycles. The largest absolute Gasteiger partial charge is 0.478 e. The van der Waals surface area contributed by atoms with Crippen LogP contribution in [0.1, 0.15) is 10.4 Å². The van der Waals surface area contributed by atoms with Crippen LogP contribution in [0.4, 0.5) is 11.5 Å². The summed E-state index contributed by atoms with van der Waals surface area (Å²) in [6.07, 6.45) is 1.39. The highest BCUT2D eigenvalue weighted by molar-refractivity contribution is 5.95. The molecule has 2 rings (SSSR count). The van der Waals surface area contributed by atoms with Crippen molar-refractivity contribution in [3.8, 4) is 0 Å². The highest BCUT2D eigenvalue weighted by Crippen LogP contribution is 2.21. The van der Waals surface area contributed by atoms with Gasteiger partial charge in [-0.1, -0.05) is 0 Å². The lowest BCUT2D eigenvalue weighted by molar-refractivity contribution is -0.129. The molecule has 0 unspecified atom stereocenters. The maximum absolute atomic E-state index is 11.6. The molecule has 0 aromatic carbocycles. The molecule has 3 N–H and O–H groups in total. The van der Waals surface area contributed by atoms with E-state index in [0.717, 1.165) is 0 Å². The molecule has 0 bridgehead atoms. The lowest BCUT2D eigenvalue weighted by Gasteiger charge is -2.33. The second kappa shape index (κ2) is 4.52. The van der Waals surface area contributed by atoms with Crippen LogP contribution < -0.4 is 10.6 Å². The Morgan fingerprint density at radius 2 is 2.22 bits per heavy atom. The minimum Gasteiger partial charge on any atom is -0.478 e. The summed E-state index contributed by atoms with van der Waals surface area (Å²) in [5, 5.41) is 9.12.